The molecule has 13 rings (SSSR count). The van der Waals surface area contributed by atoms with Crippen LogP contribution in [0.25, 0.3) is 77.4 Å². The van der Waals surface area contributed by atoms with Gasteiger partial charge in [0, 0.05) is 39.6 Å². The van der Waals surface area contributed by atoms with E-state index in [1.54, 1.807) is 0 Å². The van der Waals surface area contributed by atoms with Crippen molar-refractivity contribution in [2.24, 2.45) is 0 Å². The van der Waals surface area contributed by atoms with Crippen LogP contribution in [0.5, 0.6) is 0 Å². The van der Waals surface area contributed by atoms with Crippen LogP contribution < -0.4 is 9.25 Å². The summed E-state index contributed by atoms with van der Waals surface area (Å²) >= 11 is 0. The molecule has 0 saturated heterocycles. The largest absolute Gasteiger partial charge is 0.394 e. The number of para-hydroxylation sites is 2. The van der Waals surface area contributed by atoms with E-state index in [0.29, 0.717) is 0 Å². The number of nitrogens with zero attached hydrogens (tertiary/aromatic N) is 6. The summed E-state index contributed by atoms with van der Waals surface area (Å²) in [6, 6.07) is 42.5. The maximum atomic E-state index is 2.57. The van der Waals surface area contributed by atoms with Crippen LogP contribution in [0.1, 0.15) is 11.1 Å². The van der Waals surface area contributed by atoms with E-state index in [4.69, 9.17) is 0 Å². The third kappa shape index (κ3) is 2.31. The van der Waals surface area contributed by atoms with E-state index in [9.17, 15) is 0 Å². The van der Waals surface area contributed by atoms with E-state index in [0.717, 1.165) is 0 Å². The van der Waals surface area contributed by atoms with Gasteiger partial charge in [0.25, 0.3) is 0 Å². The SMILES string of the molecule is c1cc2c3c(c1)-n1c4ccccc4c4ccc[n+](c41)C31c3c(ccc4c5ccccc5n-2c34)-n2cc(-c3cc4ccccn4c3)c[n+]21. The zero-order valence-electron chi connectivity index (χ0n) is 25.0. The molecule has 1 unspecified atom stereocenters. The van der Waals surface area contributed by atoms with E-state index in [1.165, 1.54) is 88.6 Å². The fraction of sp³-hybridized carbons (Fsp3) is 0.0244. The minimum absolute atomic E-state index is 0.646. The molecule has 0 aliphatic carbocycles. The van der Waals surface area contributed by atoms with Gasteiger partial charge in [0.05, 0.1) is 40.1 Å². The Hall–Kier alpha value is -6.40. The molecule has 47 heavy (non-hydrogen) atoms. The summed E-state index contributed by atoms with van der Waals surface area (Å²) in [7, 11) is 0. The lowest BCUT2D eigenvalue weighted by Gasteiger charge is -2.33. The Labute approximate surface area is 267 Å². The van der Waals surface area contributed by atoms with Crippen LogP contribution in [0.3, 0.4) is 0 Å². The molecule has 10 aromatic rings. The molecule has 3 aliphatic heterocycles. The van der Waals surface area contributed by atoms with Crippen LogP contribution >= 0.6 is 0 Å². The number of aromatic nitrogens is 6. The summed E-state index contributed by atoms with van der Waals surface area (Å²) in [6.07, 6.45) is 11.4. The summed E-state index contributed by atoms with van der Waals surface area (Å²) in [4.78, 5) is 0. The highest BCUT2D eigenvalue weighted by atomic mass is 15.5. The minimum Gasteiger partial charge on any atom is -0.323 e. The molecule has 4 aromatic carbocycles. The fourth-order valence-corrected chi connectivity index (χ4v) is 9.47. The second kappa shape index (κ2) is 7.35. The average molecular weight is 601 g/mol. The average Bonchev–Trinajstić information content (AvgIpc) is 3.92. The van der Waals surface area contributed by atoms with Crippen molar-refractivity contribution in [1.82, 2.24) is 18.2 Å². The fourth-order valence-electron chi connectivity index (χ4n) is 9.47. The standard InChI is InChI=1S/C41H24N6/c1-3-13-32-28(10-1)30-17-18-34-38-39(30)46(32)35-15-7-16-36-37(35)41(38,43-20-8-12-31-29-11-2-4-14-33(29)47(36)40(31)43)45-24-26(23-44(34)45)25-21-27-9-5-6-19-42(27)22-25/h1-24H/q+2. The summed E-state index contributed by atoms with van der Waals surface area (Å²) in [5.41, 5.74) is 14.2. The van der Waals surface area contributed by atoms with E-state index in [2.05, 4.69) is 174 Å². The van der Waals surface area contributed by atoms with Crippen molar-refractivity contribution in [2.75, 3.05) is 0 Å². The maximum Gasteiger partial charge on any atom is 0.394 e. The first kappa shape index (κ1) is 23.0. The number of fused-ring (bicyclic) bond motifs is 11. The van der Waals surface area contributed by atoms with Crippen molar-refractivity contribution in [3.63, 3.8) is 0 Å². The lowest BCUT2D eigenvalue weighted by molar-refractivity contribution is -0.987. The number of pyridine rings is 2. The van der Waals surface area contributed by atoms with E-state index >= 15 is 0 Å². The molecule has 0 fully saturated rings. The molecule has 6 nitrogen and oxygen atoms in total. The molecule has 1 atom stereocenters. The molecule has 0 saturated carbocycles. The monoisotopic (exact) mass is 600 g/mol. The lowest BCUT2D eigenvalue weighted by atomic mass is 9.83. The van der Waals surface area contributed by atoms with Crippen molar-refractivity contribution in [3.8, 4) is 28.2 Å². The number of benzene rings is 4. The highest BCUT2D eigenvalue weighted by Crippen LogP contribution is 2.53. The van der Waals surface area contributed by atoms with Crippen molar-refractivity contribution < 1.29 is 9.25 Å². The molecule has 0 radical (unpaired) electrons. The first-order valence-corrected chi connectivity index (χ1v) is 16.2. The van der Waals surface area contributed by atoms with Gasteiger partial charge in [-0.05, 0) is 72.8 Å². The van der Waals surface area contributed by atoms with Gasteiger partial charge in [-0.15, -0.1) is 4.68 Å². The topological polar surface area (TPSA) is 27.0 Å². The second-order valence-corrected chi connectivity index (χ2v) is 13.2. The summed E-state index contributed by atoms with van der Waals surface area (Å²) < 4.78 is 14.7. The Morgan fingerprint density at radius 3 is 2.19 bits per heavy atom. The Kier molecular flexibility index (Phi) is 3.60. The van der Waals surface area contributed by atoms with Gasteiger partial charge < -0.3 is 8.97 Å². The van der Waals surface area contributed by atoms with Crippen LogP contribution in [0.15, 0.2) is 146 Å². The number of hydrogen-bond acceptors (Lipinski definition) is 0. The smallest absolute Gasteiger partial charge is 0.323 e. The molecule has 0 N–H and O–H groups in total. The predicted molar refractivity (Wildman–Crippen MR) is 183 cm³/mol. The zero-order chi connectivity index (χ0) is 30.2. The summed E-state index contributed by atoms with van der Waals surface area (Å²) in [5.74, 6) is 0. The molecule has 0 amide bonds. The first-order chi connectivity index (χ1) is 23.3. The molecule has 1 spiro atoms. The highest BCUT2D eigenvalue weighted by molar-refractivity contribution is 6.13. The van der Waals surface area contributed by atoms with Gasteiger partial charge >= 0.3 is 11.3 Å². The van der Waals surface area contributed by atoms with Crippen LogP contribution in [-0.4, -0.2) is 18.2 Å². The van der Waals surface area contributed by atoms with Crippen molar-refractivity contribution >= 4 is 49.3 Å². The van der Waals surface area contributed by atoms with Crippen molar-refractivity contribution in [3.05, 3.63) is 157 Å². The van der Waals surface area contributed by atoms with E-state index < -0.39 is 5.66 Å². The van der Waals surface area contributed by atoms with Crippen LogP contribution in [-0.2, 0) is 5.66 Å². The number of rotatable bonds is 1. The van der Waals surface area contributed by atoms with Gasteiger partial charge in [-0.2, -0.15) is 9.13 Å². The molecule has 9 heterocycles. The Bertz CT molecular complexity index is 3040. The zero-order valence-corrected chi connectivity index (χ0v) is 25.0. The van der Waals surface area contributed by atoms with Gasteiger partial charge in [0.1, 0.15) is 22.3 Å². The Morgan fingerprint density at radius 1 is 0.553 bits per heavy atom. The number of hydrogen-bond donors (Lipinski definition) is 0. The van der Waals surface area contributed by atoms with Gasteiger partial charge in [0.2, 0.25) is 6.20 Å². The van der Waals surface area contributed by atoms with Gasteiger partial charge in [-0.3, -0.25) is 0 Å². The molecular formula is C41H24N6+2. The van der Waals surface area contributed by atoms with Gasteiger partial charge in [-0.1, -0.05) is 47.1 Å². The van der Waals surface area contributed by atoms with Crippen LogP contribution in [0, 0.1) is 0 Å². The maximum absolute atomic E-state index is 2.57. The molecule has 6 aromatic heterocycles. The third-order valence-electron chi connectivity index (χ3n) is 11.1. The van der Waals surface area contributed by atoms with E-state index in [-0.39, 0.29) is 0 Å². The normalized spacial score (nSPS) is 16.6. The molecule has 3 aliphatic rings. The first-order valence-electron chi connectivity index (χ1n) is 16.2. The van der Waals surface area contributed by atoms with E-state index in [1.807, 2.05) is 0 Å². The van der Waals surface area contributed by atoms with Gasteiger partial charge in [0.15, 0.2) is 5.69 Å². The molecule has 216 valence electrons. The van der Waals surface area contributed by atoms with Crippen LogP contribution in [0.2, 0.25) is 0 Å². The minimum atomic E-state index is -0.646. The highest BCUT2D eigenvalue weighted by Gasteiger charge is 2.68. The molecule has 0 bridgehead atoms. The van der Waals surface area contributed by atoms with Crippen molar-refractivity contribution in [2.45, 2.75) is 5.66 Å². The second-order valence-electron chi connectivity index (χ2n) is 13.2. The summed E-state index contributed by atoms with van der Waals surface area (Å²) in [6.45, 7) is 0. The Balaban J connectivity index is 1.29. The van der Waals surface area contributed by atoms with Crippen LogP contribution in [0.4, 0.5) is 0 Å². The van der Waals surface area contributed by atoms with Gasteiger partial charge in [-0.25, -0.2) is 0 Å². The quantitative estimate of drug-likeness (QED) is 0.176. The molecular weight excluding hydrogens is 576 g/mol. The van der Waals surface area contributed by atoms with Crippen molar-refractivity contribution in [1.29, 1.82) is 0 Å². The summed E-state index contributed by atoms with van der Waals surface area (Å²) in [5, 5.41) is 5.11. The lowest BCUT2D eigenvalue weighted by Crippen LogP contribution is -2.76. The third-order valence-corrected chi connectivity index (χ3v) is 11.1. The molecule has 6 heteroatoms. The Morgan fingerprint density at radius 2 is 1.32 bits per heavy atom. The predicted octanol–water partition coefficient (Wildman–Crippen LogP) is 7.40.